The van der Waals surface area contributed by atoms with Crippen molar-refractivity contribution in [3.63, 3.8) is 0 Å². The topological polar surface area (TPSA) is 90.8 Å². The Morgan fingerprint density at radius 2 is 1.71 bits per heavy atom. The molecule has 1 saturated heterocycles. The zero-order valence-electron chi connectivity index (χ0n) is 16.3. The highest BCUT2D eigenvalue weighted by atomic mass is 32.2. The van der Waals surface area contributed by atoms with Crippen LogP contribution < -0.4 is 4.90 Å². The Bertz CT molecular complexity index is 1100. The van der Waals surface area contributed by atoms with E-state index in [9.17, 15) is 31.5 Å². The number of alkyl halides is 3. The highest BCUT2D eigenvalue weighted by Gasteiger charge is 2.33. The van der Waals surface area contributed by atoms with Gasteiger partial charge in [0.2, 0.25) is 10.0 Å². The number of fused-ring (bicyclic) bond motifs is 1. The van der Waals surface area contributed by atoms with Gasteiger partial charge in [-0.25, -0.2) is 13.4 Å². The lowest BCUT2D eigenvalue weighted by Gasteiger charge is -2.34. The van der Waals surface area contributed by atoms with Gasteiger partial charge in [-0.3, -0.25) is 4.79 Å². The molecule has 0 amide bonds. The standard InChI is InChI=1S/C20H20F3N3O4S/c21-20(22,23)16-2-4-18(24-12-16)25-5-7-26(8-6-25)31(29,30)17-3-1-13-9-15(19(27)28)10-14(13)11-17/h1-4,11-12,15H,5-10H2,(H,27,28). The normalized spacial score (nSPS) is 20.0. The van der Waals surface area contributed by atoms with Crippen molar-refractivity contribution in [3.05, 3.63) is 53.2 Å². The third-order valence-electron chi connectivity index (χ3n) is 5.74. The van der Waals surface area contributed by atoms with Crippen LogP contribution in [-0.4, -0.2) is 55.0 Å². The lowest BCUT2D eigenvalue weighted by molar-refractivity contribution is -0.141. The Hall–Kier alpha value is -2.66. The number of nitrogens with zero attached hydrogens (tertiary/aromatic N) is 3. The number of carboxylic acids is 1. The van der Waals surface area contributed by atoms with Crippen molar-refractivity contribution in [2.75, 3.05) is 31.1 Å². The van der Waals surface area contributed by atoms with Crippen molar-refractivity contribution < 1.29 is 31.5 Å². The number of aliphatic carboxylic acids is 1. The number of hydrogen-bond donors (Lipinski definition) is 1. The zero-order chi connectivity index (χ0) is 22.4. The average molecular weight is 455 g/mol. The summed E-state index contributed by atoms with van der Waals surface area (Å²) in [5, 5.41) is 9.20. The first-order valence-electron chi connectivity index (χ1n) is 9.68. The maximum atomic E-state index is 13.1. The molecule has 7 nitrogen and oxygen atoms in total. The van der Waals surface area contributed by atoms with E-state index in [0.29, 0.717) is 31.7 Å². The second kappa shape index (κ2) is 7.79. The van der Waals surface area contributed by atoms with Crippen LogP contribution in [0.25, 0.3) is 0 Å². The van der Waals surface area contributed by atoms with E-state index < -0.39 is 33.7 Å². The van der Waals surface area contributed by atoms with Crippen molar-refractivity contribution in [2.24, 2.45) is 5.92 Å². The smallest absolute Gasteiger partial charge is 0.417 e. The average Bonchev–Trinajstić information content (AvgIpc) is 3.17. The Labute approximate surface area is 177 Å². The third kappa shape index (κ3) is 4.24. The number of anilines is 1. The molecule has 0 saturated carbocycles. The molecule has 2 aliphatic rings. The molecule has 0 spiro atoms. The minimum Gasteiger partial charge on any atom is -0.481 e. The summed E-state index contributed by atoms with van der Waals surface area (Å²) in [7, 11) is -3.76. The summed E-state index contributed by atoms with van der Waals surface area (Å²) in [6.45, 7) is 0.924. The summed E-state index contributed by atoms with van der Waals surface area (Å²) >= 11 is 0. The molecular weight excluding hydrogens is 435 g/mol. The molecule has 2 aromatic rings. The fourth-order valence-electron chi connectivity index (χ4n) is 3.98. The fraction of sp³-hybridized carbons (Fsp3) is 0.400. The molecular formula is C20H20F3N3O4S. The third-order valence-corrected chi connectivity index (χ3v) is 7.63. The monoisotopic (exact) mass is 455 g/mol. The second-order valence-electron chi connectivity index (χ2n) is 7.67. The number of hydrogen-bond acceptors (Lipinski definition) is 5. The Morgan fingerprint density at radius 1 is 1.03 bits per heavy atom. The van der Waals surface area contributed by atoms with Crippen molar-refractivity contribution in [1.29, 1.82) is 0 Å². The molecule has 4 rings (SSSR count). The van der Waals surface area contributed by atoms with Crippen LogP contribution in [0.4, 0.5) is 19.0 Å². The van der Waals surface area contributed by atoms with Crippen LogP contribution in [0.3, 0.4) is 0 Å². The van der Waals surface area contributed by atoms with Gasteiger partial charge in [-0.2, -0.15) is 17.5 Å². The minimum atomic E-state index is -4.46. The van der Waals surface area contributed by atoms with Gasteiger partial charge in [0.15, 0.2) is 0 Å². The van der Waals surface area contributed by atoms with E-state index >= 15 is 0 Å². The molecule has 2 heterocycles. The summed E-state index contributed by atoms with van der Waals surface area (Å²) in [5.74, 6) is -1.07. The molecule has 1 unspecified atom stereocenters. The SMILES string of the molecule is O=C(O)C1Cc2ccc(S(=O)(=O)N3CCN(c4ccc(C(F)(F)F)cn4)CC3)cc2C1. The Morgan fingerprint density at radius 3 is 2.29 bits per heavy atom. The highest BCUT2D eigenvalue weighted by Crippen LogP contribution is 2.31. The summed E-state index contributed by atoms with van der Waals surface area (Å²) in [4.78, 5) is 17.0. The Balaban J connectivity index is 1.44. The quantitative estimate of drug-likeness (QED) is 0.762. The van der Waals surface area contributed by atoms with Gasteiger partial charge in [0.1, 0.15) is 5.82 Å². The van der Waals surface area contributed by atoms with Gasteiger partial charge in [0.25, 0.3) is 0 Å². The number of halogens is 3. The second-order valence-corrected chi connectivity index (χ2v) is 9.61. The first-order chi connectivity index (χ1) is 14.6. The summed E-state index contributed by atoms with van der Waals surface area (Å²) < 4.78 is 65.5. The lowest BCUT2D eigenvalue weighted by Crippen LogP contribution is -2.48. The highest BCUT2D eigenvalue weighted by molar-refractivity contribution is 7.89. The van der Waals surface area contributed by atoms with Gasteiger partial charge in [-0.05, 0) is 48.2 Å². The largest absolute Gasteiger partial charge is 0.481 e. The van der Waals surface area contributed by atoms with Crippen molar-refractivity contribution >= 4 is 21.8 Å². The maximum absolute atomic E-state index is 13.1. The van der Waals surface area contributed by atoms with E-state index in [1.165, 1.54) is 16.4 Å². The molecule has 0 bridgehead atoms. The zero-order valence-corrected chi connectivity index (χ0v) is 17.2. The molecule has 1 atom stereocenters. The summed E-state index contributed by atoms with van der Waals surface area (Å²) in [5.41, 5.74) is 0.754. The molecule has 31 heavy (non-hydrogen) atoms. The van der Waals surface area contributed by atoms with Crippen molar-refractivity contribution in [3.8, 4) is 0 Å². The molecule has 0 radical (unpaired) electrons. The molecule has 1 aromatic carbocycles. The van der Waals surface area contributed by atoms with E-state index in [2.05, 4.69) is 4.98 Å². The van der Waals surface area contributed by atoms with Crippen molar-refractivity contribution in [1.82, 2.24) is 9.29 Å². The molecule has 1 fully saturated rings. The van der Waals surface area contributed by atoms with Crippen LogP contribution in [0.2, 0.25) is 0 Å². The summed E-state index contributed by atoms with van der Waals surface area (Å²) in [6.07, 6.45) is -2.99. The van der Waals surface area contributed by atoms with Gasteiger partial charge in [0.05, 0.1) is 16.4 Å². The van der Waals surface area contributed by atoms with E-state index in [1.807, 2.05) is 0 Å². The van der Waals surface area contributed by atoms with E-state index in [1.54, 1.807) is 17.0 Å². The maximum Gasteiger partial charge on any atom is 0.417 e. The van der Waals surface area contributed by atoms with Crippen molar-refractivity contribution in [2.45, 2.75) is 23.9 Å². The number of rotatable bonds is 4. The Kier molecular flexibility index (Phi) is 5.42. The van der Waals surface area contributed by atoms with E-state index in [-0.39, 0.29) is 18.0 Å². The minimum absolute atomic E-state index is 0.124. The molecule has 1 aromatic heterocycles. The van der Waals surface area contributed by atoms with Gasteiger partial charge < -0.3 is 10.0 Å². The predicted molar refractivity (Wildman–Crippen MR) is 105 cm³/mol. The van der Waals surface area contributed by atoms with Gasteiger partial charge in [-0.1, -0.05) is 6.07 Å². The first-order valence-corrected chi connectivity index (χ1v) is 11.1. The van der Waals surface area contributed by atoms with Gasteiger partial charge >= 0.3 is 12.1 Å². The van der Waals surface area contributed by atoms with Gasteiger partial charge in [-0.15, -0.1) is 0 Å². The molecule has 1 N–H and O–H groups in total. The van der Waals surface area contributed by atoms with E-state index in [0.717, 1.165) is 23.4 Å². The van der Waals surface area contributed by atoms with Crippen LogP contribution in [-0.2, 0) is 33.8 Å². The number of pyridine rings is 1. The number of carboxylic acid groups (broad SMARTS) is 1. The predicted octanol–water partition coefficient (Wildman–Crippen LogP) is 2.41. The van der Waals surface area contributed by atoms with Crippen LogP contribution in [0, 0.1) is 5.92 Å². The molecule has 11 heteroatoms. The van der Waals surface area contributed by atoms with Crippen LogP contribution in [0.5, 0.6) is 0 Å². The lowest BCUT2D eigenvalue weighted by atomic mass is 10.1. The number of benzene rings is 1. The number of sulfonamides is 1. The fourth-order valence-corrected chi connectivity index (χ4v) is 5.45. The van der Waals surface area contributed by atoms with Crippen LogP contribution >= 0.6 is 0 Å². The number of aromatic nitrogens is 1. The number of carbonyl (C=O) groups is 1. The summed E-state index contributed by atoms with van der Waals surface area (Å²) in [6, 6.07) is 6.97. The van der Waals surface area contributed by atoms with E-state index in [4.69, 9.17) is 0 Å². The van der Waals surface area contributed by atoms with Crippen LogP contribution in [0.15, 0.2) is 41.4 Å². The van der Waals surface area contributed by atoms with Crippen LogP contribution in [0.1, 0.15) is 16.7 Å². The molecule has 1 aliphatic carbocycles. The molecule has 1 aliphatic heterocycles. The van der Waals surface area contributed by atoms with Gasteiger partial charge in [0, 0.05) is 32.4 Å². The first kappa shape index (κ1) is 21.6. The number of piperazine rings is 1. The molecule has 166 valence electrons.